The number of carbonyl (C=O) groups is 3. The molecule has 1 aliphatic rings. The average molecular weight is 405 g/mol. The fourth-order valence-corrected chi connectivity index (χ4v) is 3.68. The van der Waals surface area contributed by atoms with Crippen molar-refractivity contribution in [2.75, 3.05) is 22.5 Å². The van der Waals surface area contributed by atoms with Gasteiger partial charge in [-0.1, -0.05) is 29.8 Å². The number of para-hydroxylation sites is 1. The van der Waals surface area contributed by atoms with Gasteiger partial charge in [0.2, 0.25) is 5.91 Å². The van der Waals surface area contributed by atoms with Crippen LogP contribution in [-0.4, -0.2) is 36.2 Å². The zero-order valence-corrected chi connectivity index (χ0v) is 16.0. The second-order valence-electron chi connectivity index (χ2n) is 5.87. The van der Waals surface area contributed by atoms with Crippen molar-refractivity contribution in [1.29, 1.82) is 0 Å². The number of hydrogen-bond donors (Lipinski definition) is 1. The van der Waals surface area contributed by atoms with Crippen LogP contribution < -0.4 is 10.2 Å². The maximum Gasteiger partial charge on any atom is 0.326 e. The smallest absolute Gasteiger partial charge is 0.326 e. The number of amides is 2. The van der Waals surface area contributed by atoms with Crippen LogP contribution in [0.25, 0.3) is 0 Å². The van der Waals surface area contributed by atoms with Crippen LogP contribution in [0, 0.1) is 0 Å². The van der Waals surface area contributed by atoms with Crippen LogP contribution in [0.1, 0.15) is 6.92 Å². The van der Waals surface area contributed by atoms with Crippen molar-refractivity contribution in [1.82, 2.24) is 0 Å². The quantitative estimate of drug-likeness (QED) is 0.773. The Kier molecular flexibility index (Phi) is 6.03. The van der Waals surface area contributed by atoms with Gasteiger partial charge >= 0.3 is 5.97 Å². The largest absolute Gasteiger partial charge is 0.451 e. The van der Waals surface area contributed by atoms with E-state index in [2.05, 4.69) is 5.32 Å². The molecule has 0 radical (unpaired) electrons. The summed E-state index contributed by atoms with van der Waals surface area (Å²) in [7, 11) is 0. The highest BCUT2D eigenvalue weighted by molar-refractivity contribution is 8.00. The molecule has 0 spiro atoms. The Morgan fingerprint density at radius 2 is 2.04 bits per heavy atom. The number of hydrogen-bond acceptors (Lipinski definition) is 5. The lowest BCUT2D eigenvalue weighted by Gasteiger charge is -2.28. The van der Waals surface area contributed by atoms with Crippen LogP contribution in [0.5, 0.6) is 0 Å². The van der Waals surface area contributed by atoms with Gasteiger partial charge in [0.1, 0.15) is 6.54 Å². The summed E-state index contributed by atoms with van der Waals surface area (Å²) >= 11 is 7.31. The van der Waals surface area contributed by atoms with Crippen molar-refractivity contribution in [3.63, 3.8) is 0 Å². The summed E-state index contributed by atoms with van der Waals surface area (Å²) in [6.45, 7) is 1.23. The summed E-state index contributed by atoms with van der Waals surface area (Å²) in [5, 5.41) is 3.12. The van der Waals surface area contributed by atoms with E-state index in [1.54, 1.807) is 36.4 Å². The molecule has 0 unspecified atom stereocenters. The maximum atomic E-state index is 12.3. The van der Waals surface area contributed by atoms with E-state index in [1.807, 2.05) is 12.1 Å². The molecule has 0 aliphatic carbocycles. The van der Waals surface area contributed by atoms with Crippen molar-refractivity contribution in [2.24, 2.45) is 0 Å². The first-order chi connectivity index (χ1) is 12.9. The molecule has 1 heterocycles. The van der Waals surface area contributed by atoms with E-state index < -0.39 is 18.0 Å². The molecule has 27 heavy (non-hydrogen) atoms. The summed E-state index contributed by atoms with van der Waals surface area (Å²) < 4.78 is 5.20. The summed E-state index contributed by atoms with van der Waals surface area (Å²) in [4.78, 5) is 39.0. The molecule has 1 atom stereocenters. The third-order valence-electron chi connectivity index (χ3n) is 3.87. The van der Waals surface area contributed by atoms with Gasteiger partial charge in [-0.25, -0.2) is 0 Å². The summed E-state index contributed by atoms with van der Waals surface area (Å²) in [6, 6.07) is 14.0. The van der Waals surface area contributed by atoms with Gasteiger partial charge in [0.05, 0.1) is 11.4 Å². The molecule has 2 amide bonds. The Hall–Kier alpha value is -2.51. The summed E-state index contributed by atoms with van der Waals surface area (Å²) in [5.74, 6) is -1.05. The highest BCUT2D eigenvalue weighted by Gasteiger charge is 2.28. The number of benzene rings is 2. The predicted molar refractivity (Wildman–Crippen MR) is 105 cm³/mol. The zero-order chi connectivity index (χ0) is 19.4. The van der Waals surface area contributed by atoms with Gasteiger partial charge in [0.25, 0.3) is 5.91 Å². The molecule has 0 bridgehead atoms. The van der Waals surface area contributed by atoms with Crippen molar-refractivity contribution >= 4 is 52.5 Å². The molecule has 0 saturated heterocycles. The van der Waals surface area contributed by atoms with E-state index in [9.17, 15) is 14.4 Å². The highest BCUT2D eigenvalue weighted by Crippen LogP contribution is 2.34. The number of fused-ring (bicyclic) bond motifs is 1. The Morgan fingerprint density at radius 3 is 2.81 bits per heavy atom. The predicted octanol–water partition coefficient (Wildman–Crippen LogP) is 3.35. The minimum Gasteiger partial charge on any atom is -0.451 e. The van der Waals surface area contributed by atoms with E-state index in [0.717, 1.165) is 4.90 Å². The fourth-order valence-electron chi connectivity index (χ4n) is 2.55. The topological polar surface area (TPSA) is 75.7 Å². The van der Waals surface area contributed by atoms with Crippen LogP contribution >= 0.6 is 23.4 Å². The van der Waals surface area contributed by atoms with Gasteiger partial charge in [0, 0.05) is 15.6 Å². The summed E-state index contributed by atoms with van der Waals surface area (Å²) in [5.41, 5.74) is 1.18. The number of thioether (sulfide) groups is 1. The number of carbonyl (C=O) groups excluding carboxylic acids is 3. The molecule has 0 saturated carbocycles. The lowest BCUT2D eigenvalue weighted by atomic mass is 10.2. The second-order valence-corrected chi connectivity index (χ2v) is 7.32. The first-order valence-electron chi connectivity index (χ1n) is 8.22. The van der Waals surface area contributed by atoms with E-state index in [4.69, 9.17) is 16.3 Å². The Labute approximate surface area is 165 Å². The van der Waals surface area contributed by atoms with Gasteiger partial charge in [-0.3, -0.25) is 19.3 Å². The van der Waals surface area contributed by atoms with Crippen molar-refractivity contribution in [3.05, 3.63) is 53.6 Å². The molecular formula is C19H17ClN2O4S. The lowest BCUT2D eigenvalue weighted by Crippen LogP contribution is -2.41. The SMILES string of the molecule is C[C@H](OC(=O)CN1C(=O)CSc2ccccc21)C(=O)Nc1cccc(Cl)c1. The van der Waals surface area contributed by atoms with E-state index >= 15 is 0 Å². The highest BCUT2D eigenvalue weighted by atomic mass is 35.5. The number of nitrogens with zero attached hydrogens (tertiary/aromatic N) is 1. The first-order valence-corrected chi connectivity index (χ1v) is 9.58. The van der Waals surface area contributed by atoms with Gasteiger partial charge < -0.3 is 10.1 Å². The number of anilines is 2. The third-order valence-corrected chi connectivity index (χ3v) is 5.15. The number of nitrogens with one attached hydrogen (secondary N) is 1. The van der Waals surface area contributed by atoms with E-state index in [0.29, 0.717) is 16.4 Å². The van der Waals surface area contributed by atoms with Crippen molar-refractivity contribution in [2.45, 2.75) is 17.9 Å². The number of rotatable bonds is 5. The van der Waals surface area contributed by atoms with Crippen molar-refractivity contribution in [3.8, 4) is 0 Å². The van der Waals surface area contributed by atoms with Crippen LogP contribution in [-0.2, 0) is 19.1 Å². The maximum absolute atomic E-state index is 12.3. The molecule has 1 N–H and O–H groups in total. The van der Waals surface area contributed by atoms with Gasteiger partial charge in [-0.2, -0.15) is 0 Å². The molecule has 0 aromatic heterocycles. The van der Waals surface area contributed by atoms with E-state index in [-0.39, 0.29) is 18.2 Å². The molecule has 140 valence electrons. The molecule has 3 rings (SSSR count). The average Bonchev–Trinajstić information content (AvgIpc) is 2.64. The zero-order valence-electron chi connectivity index (χ0n) is 14.5. The monoisotopic (exact) mass is 404 g/mol. The lowest BCUT2D eigenvalue weighted by molar-refractivity contribution is -0.152. The second kappa shape index (κ2) is 8.45. The first kappa shape index (κ1) is 19.3. The molecule has 2 aromatic rings. The van der Waals surface area contributed by atoms with Gasteiger partial charge in [-0.15, -0.1) is 11.8 Å². The Morgan fingerprint density at radius 1 is 1.26 bits per heavy atom. The standard InChI is InChI=1S/C19H17ClN2O4S/c1-12(19(25)21-14-6-4-5-13(20)9-14)26-18(24)10-22-15-7-2-3-8-16(15)27-11-17(22)23/h2-9,12H,10-11H2,1H3,(H,21,25)/t12-/m0/s1. The molecule has 1 aliphatic heterocycles. The number of ether oxygens (including phenoxy) is 1. The van der Waals surface area contributed by atoms with Crippen LogP contribution in [0.2, 0.25) is 5.02 Å². The third kappa shape index (κ3) is 4.81. The molecule has 6 nitrogen and oxygen atoms in total. The molecule has 2 aromatic carbocycles. The minimum atomic E-state index is -1.01. The van der Waals surface area contributed by atoms with Crippen LogP contribution in [0.15, 0.2) is 53.4 Å². The molecule has 8 heteroatoms. The number of halogens is 1. The molecule has 0 fully saturated rings. The van der Waals surface area contributed by atoms with Crippen molar-refractivity contribution < 1.29 is 19.1 Å². The number of esters is 1. The van der Waals surface area contributed by atoms with Gasteiger partial charge in [0.15, 0.2) is 6.10 Å². The van der Waals surface area contributed by atoms with Crippen LogP contribution in [0.3, 0.4) is 0 Å². The Bertz CT molecular complexity index is 890. The van der Waals surface area contributed by atoms with E-state index in [1.165, 1.54) is 23.6 Å². The van der Waals surface area contributed by atoms with Crippen LogP contribution in [0.4, 0.5) is 11.4 Å². The van der Waals surface area contributed by atoms with Gasteiger partial charge in [-0.05, 0) is 37.3 Å². The Balaban J connectivity index is 1.60. The minimum absolute atomic E-state index is 0.174. The fraction of sp³-hybridized carbons (Fsp3) is 0.211. The normalized spacial score (nSPS) is 14.3. The molecular weight excluding hydrogens is 388 g/mol. The summed E-state index contributed by atoms with van der Waals surface area (Å²) in [6.07, 6.45) is -1.01.